The summed E-state index contributed by atoms with van der Waals surface area (Å²) in [6, 6.07) is 11.2. The number of ketones is 1. The number of aromatic nitrogens is 1. The smallest absolute Gasteiger partial charge is 0.198 e. The standard InChI is InChI=1S/C16H13NO2/c1-2-14-12(8-10-19-14)16(18)13-7-3-5-11-6-4-9-17-15(11)13/h3-10H,2H2,1H3. The molecule has 0 saturated heterocycles. The van der Waals surface area contributed by atoms with Gasteiger partial charge in [-0.3, -0.25) is 9.78 Å². The van der Waals surface area contributed by atoms with Crippen molar-refractivity contribution in [2.24, 2.45) is 0 Å². The van der Waals surface area contributed by atoms with Gasteiger partial charge in [0, 0.05) is 23.6 Å². The molecule has 0 aliphatic carbocycles. The number of carbonyl (C=O) groups is 1. The number of hydrogen-bond donors (Lipinski definition) is 0. The second-order valence-electron chi connectivity index (χ2n) is 4.32. The molecule has 0 fully saturated rings. The molecule has 0 spiro atoms. The van der Waals surface area contributed by atoms with E-state index < -0.39 is 0 Å². The summed E-state index contributed by atoms with van der Waals surface area (Å²) in [6.45, 7) is 1.97. The van der Waals surface area contributed by atoms with Gasteiger partial charge < -0.3 is 4.42 Å². The normalized spacial score (nSPS) is 10.8. The van der Waals surface area contributed by atoms with Gasteiger partial charge in [-0.1, -0.05) is 25.1 Å². The second-order valence-corrected chi connectivity index (χ2v) is 4.32. The number of rotatable bonds is 3. The van der Waals surface area contributed by atoms with Gasteiger partial charge in [-0.15, -0.1) is 0 Å². The lowest BCUT2D eigenvalue weighted by atomic mass is 10.00. The Labute approximate surface area is 110 Å². The van der Waals surface area contributed by atoms with Crippen LogP contribution in [0.1, 0.15) is 28.6 Å². The molecule has 0 atom stereocenters. The van der Waals surface area contributed by atoms with Crippen molar-refractivity contribution in [1.29, 1.82) is 0 Å². The molecule has 0 aliphatic heterocycles. The second kappa shape index (κ2) is 4.69. The van der Waals surface area contributed by atoms with Crippen LogP contribution in [0.2, 0.25) is 0 Å². The Kier molecular flexibility index (Phi) is 2.88. The van der Waals surface area contributed by atoms with Crippen LogP contribution in [-0.2, 0) is 6.42 Å². The zero-order chi connectivity index (χ0) is 13.2. The zero-order valence-corrected chi connectivity index (χ0v) is 10.6. The molecule has 19 heavy (non-hydrogen) atoms. The van der Waals surface area contributed by atoms with Crippen LogP contribution in [0.15, 0.2) is 53.3 Å². The minimum absolute atomic E-state index is 0.0325. The van der Waals surface area contributed by atoms with E-state index in [4.69, 9.17) is 4.42 Å². The highest BCUT2D eigenvalue weighted by molar-refractivity contribution is 6.15. The molecule has 0 N–H and O–H groups in total. The summed E-state index contributed by atoms with van der Waals surface area (Å²) in [5, 5.41) is 0.967. The Bertz CT molecular complexity index is 738. The fourth-order valence-corrected chi connectivity index (χ4v) is 2.25. The molecule has 0 radical (unpaired) electrons. The first-order chi connectivity index (χ1) is 9.31. The Morgan fingerprint density at radius 1 is 1.16 bits per heavy atom. The molecule has 2 heterocycles. The average Bonchev–Trinajstić information content (AvgIpc) is 2.94. The van der Waals surface area contributed by atoms with Crippen molar-refractivity contribution >= 4 is 16.7 Å². The van der Waals surface area contributed by atoms with Crippen LogP contribution in [-0.4, -0.2) is 10.8 Å². The maximum Gasteiger partial charge on any atom is 0.198 e. The summed E-state index contributed by atoms with van der Waals surface area (Å²) in [7, 11) is 0. The van der Waals surface area contributed by atoms with Gasteiger partial charge in [0.15, 0.2) is 5.78 Å². The van der Waals surface area contributed by atoms with Crippen LogP contribution in [0.3, 0.4) is 0 Å². The Morgan fingerprint density at radius 3 is 2.84 bits per heavy atom. The molecule has 3 nitrogen and oxygen atoms in total. The number of fused-ring (bicyclic) bond motifs is 1. The highest BCUT2D eigenvalue weighted by Gasteiger charge is 2.17. The minimum atomic E-state index is -0.0325. The summed E-state index contributed by atoms with van der Waals surface area (Å²) in [5.74, 6) is 0.688. The molecule has 0 saturated carbocycles. The molecule has 0 bridgehead atoms. The average molecular weight is 251 g/mol. The van der Waals surface area contributed by atoms with Crippen LogP contribution < -0.4 is 0 Å². The van der Waals surface area contributed by atoms with E-state index in [0.717, 1.165) is 16.7 Å². The van der Waals surface area contributed by atoms with E-state index in [-0.39, 0.29) is 5.78 Å². The molecule has 0 amide bonds. The maximum absolute atomic E-state index is 12.6. The molecule has 1 aromatic carbocycles. The van der Waals surface area contributed by atoms with Crippen molar-refractivity contribution in [3.63, 3.8) is 0 Å². The van der Waals surface area contributed by atoms with Crippen molar-refractivity contribution in [2.75, 3.05) is 0 Å². The van der Waals surface area contributed by atoms with E-state index in [2.05, 4.69) is 4.98 Å². The molecular formula is C16H13NO2. The topological polar surface area (TPSA) is 43.1 Å². The summed E-state index contributed by atoms with van der Waals surface area (Å²) in [6.07, 6.45) is 3.96. The number of furan rings is 1. The molecule has 0 aliphatic rings. The predicted octanol–water partition coefficient (Wildman–Crippen LogP) is 3.62. The maximum atomic E-state index is 12.6. The molecule has 2 aromatic heterocycles. The van der Waals surface area contributed by atoms with E-state index in [0.29, 0.717) is 17.5 Å². The third-order valence-corrected chi connectivity index (χ3v) is 3.19. The third kappa shape index (κ3) is 1.93. The van der Waals surface area contributed by atoms with Crippen molar-refractivity contribution in [2.45, 2.75) is 13.3 Å². The van der Waals surface area contributed by atoms with E-state index in [1.807, 2.05) is 37.3 Å². The number of pyridine rings is 1. The molecule has 3 heteroatoms. The SMILES string of the molecule is CCc1occc1C(=O)c1cccc2cccnc12. The summed E-state index contributed by atoms with van der Waals surface area (Å²) in [5.41, 5.74) is 1.98. The number of nitrogens with zero attached hydrogens (tertiary/aromatic N) is 1. The van der Waals surface area contributed by atoms with Crippen LogP contribution in [0.5, 0.6) is 0 Å². The van der Waals surface area contributed by atoms with E-state index in [1.54, 1.807) is 18.5 Å². The van der Waals surface area contributed by atoms with Crippen molar-refractivity contribution in [1.82, 2.24) is 4.98 Å². The lowest BCUT2D eigenvalue weighted by Crippen LogP contribution is -2.04. The lowest BCUT2D eigenvalue weighted by molar-refractivity contribution is 0.103. The highest BCUT2D eigenvalue weighted by atomic mass is 16.3. The van der Waals surface area contributed by atoms with Gasteiger partial charge in [0.1, 0.15) is 5.76 Å². The van der Waals surface area contributed by atoms with Crippen molar-refractivity contribution < 1.29 is 9.21 Å². The first-order valence-corrected chi connectivity index (χ1v) is 6.26. The number of para-hydroxylation sites is 1. The monoisotopic (exact) mass is 251 g/mol. The van der Waals surface area contributed by atoms with E-state index >= 15 is 0 Å². The summed E-state index contributed by atoms with van der Waals surface area (Å²) >= 11 is 0. The van der Waals surface area contributed by atoms with Crippen molar-refractivity contribution in [3.8, 4) is 0 Å². The third-order valence-electron chi connectivity index (χ3n) is 3.19. The van der Waals surface area contributed by atoms with Gasteiger partial charge in [-0.2, -0.15) is 0 Å². The summed E-state index contributed by atoms with van der Waals surface area (Å²) in [4.78, 5) is 16.9. The van der Waals surface area contributed by atoms with E-state index in [9.17, 15) is 4.79 Å². The quantitative estimate of drug-likeness (QED) is 0.668. The predicted molar refractivity (Wildman–Crippen MR) is 73.3 cm³/mol. The molecule has 3 rings (SSSR count). The molecule has 0 unspecified atom stereocenters. The van der Waals surface area contributed by atoms with Gasteiger partial charge in [-0.05, 0) is 18.2 Å². The number of hydrogen-bond acceptors (Lipinski definition) is 3. The lowest BCUT2D eigenvalue weighted by Gasteiger charge is -2.04. The minimum Gasteiger partial charge on any atom is -0.469 e. The van der Waals surface area contributed by atoms with Gasteiger partial charge >= 0.3 is 0 Å². The Hall–Kier alpha value is -2.42. The van der Waals surface area contributed by atoms with Gasteiger partial charge in [0.25, 0.3) is 0 Å². The number of aryl methyl sites for hydroxylation is 1. The summed E-state index contributed by atoms with van der Waals surface area (Å²) < 4.78 is 5.33. The van der Waals surface area contributed by atoms with Gasteiger partial charge in [0.2, 0.25) is 0 Å². The van der Waals surface area contributed by atoms with Crippen LogP contribution in [0.4, 0.5) is 0 Å². The fourth-order valence-electron chi connectivity index (χ4n) is 2.25. The Balaban J connectivity index is 2.17. The zero-order valence-electron chi connectivity index (χ0n) is 10.6. The highest BCUT2D eigenvalue weighted by Crippen LogP contribution is 2.22. The molecular weight excluding hydrogens is 238 g/mol. The molecule has 3 aromatic rings. The van der Waals surface area contributed by atoms with Gasteiger partial charge in [-0.25, -0.2) is 0 Å². The van der Waals surface area contributed by atoms with Crippen LogP contribution in [0, 0.1) is 0 Å². The molecule has 94 valence electrons. The number of carbonyl (C=O) groups excluding carboxylic acids is 1. The Morgan fingerprint density at radius 2 is 2.00 bits per heavy atom. The first-order valence-electron chi connectivity index (χ1n) is 6.26. The fraction of sp³-hybridized carbons (Fsp3) is 0.125. The van der Waals surface area contributed by atoms with Crippen LogP contribution in [0.25, 0.3) is 10.9 Å². The van der Waals surface area contributed by atoms with Crippen LogP contribution >= 0.6 is 0 Å². The van der Waals surface area contributed by atoms with E-state index in [1.165, 1.54) is 0 Å². The first kappa shape index (κ1) is 11.7. The number of benzene rings is 1. The largest absolute Gasteiger partial charge is 0.469 e. The van der Waals surface area contributed by atoms with Gasteiger partial charge in [0.05, 0.1) is 17.3 Å². The van der Waals surface area contributed by atoms with Crippen molar-refractivity contribution in [3.05, 3.63) is 65.7 Å².